The monoisotopic (exact) mass is 199 g/mol. The Morgan fingerprint density at radius 2 is 1.79 bits per heavy atom. The molecule has 1 unspecified atom stereocenters. The minimum absolute atomic E-state index is 0.751. The van der Waals surface area contributed by atoms with Gasteiger partial charge < -0.3 is 5.32 Å². The number of anilines is 1. The van der Waals surface area contributed by atoms with Crippen molar-refractivity contribution in [1.29, 1.82) is 0 Å². The van der Waals surface area contributed by atoms with Gasteiger partial charge in [0.1, 0.15) is 0 Å². The van der Waals surface area contributed by atoms with Crippen molar-refractivity contribution >= 4 is 5.69 Å². The van der Waals surface area contributed by atoms with E-state index in [2.05, 4.69) is 5.32 Å². The Balaban J connectivity index is 2.73. The summed E-state index contributed by atoms with van der Waals surface area (Å²) in [4.78, 5) is 0. The van der Waals surface area contributed by atoms with Crippen molar-refractivity contribution < 1.29 is 8.78 Å². The molecule has 0 amide bonds. The van der Waals surface area contributed by atoms with Crippen molar-refractivity contribution in [2.24, 2.45) is 0 Å². The number of hydrogen-bond acceptors (Lipinski definition) is 1. The van der Waals surface area contributed by atoms with Crippen LogP contribution in [0.15, 0.2) is 18.2 Å². The molecule has 0 saturated carbocycles. The molecule has 0 saturated heterocycles. The predicted molar refractivity (Wildman–Crippen MR) is 55.0 cm³/mol. The van der Waals surface area contributed by atoms with Crippen LogP contribution in [0.4, 0.5) is 14.5 Å². The lowest BCUT2D eigenvalue weighted by Gasteiger charge is -2.15. The SMILES string of the molecule is Cc1ccc(NC(C)C(F)F)cc1C. The van der Waals surface area contributed by atoms with Gasteiger partial charge in [-0.3, -0.25) is 0 Å². The first-order valence-electron chi connectivity index (χ1n) is 4.62. The van der Waals surface area contributed by atoms with Gasteiger partial charge in [-0.15, -0.1) is 0 Å². The number of hydrogen-bond donors (Lipinski definition) is 1. The second-order valence-electron chi connectivity index (χ2n) is 3.57. The lowest BCUT2D eigenvalue weighted by atomic mass is 10.1. The number of benzene rings is 1. The maximum atomic E-state index is 12.2. The van der Waals surface area contributed by atoms with E-state index in [1.165, 1.54) is 12.5 Å². The molecular weight excluding hydrogens is 184 g/mol. The van der Waals surface area contributed by atoms with Crippen LogP contribution in [0.5, 0.6) is 0 Å². The summed E-state index contributed by atoms with van der Waals surface area (Å²) in [5, 5.41) is 2.76. The number of rotatable bonds is 3. The Hall–Kier alpha value is -1.12. The van der Waals surface area contributed by atoms with E-state index in [1.807, 2.05) is 32.0 Å². The van der Waals surface area contributed by atoms with E-state index >= 15 is 0 Å². The van der Waals surface area contributed by atoms with Crippen LogP contribution in [0.2, 0.25) is 0 Å². The zero-order chi connectivity index (χ0) is 10.7. The van der Waals surface area contributed by atoms with Gasteiger partial charge in [0.25, 0.3) is 6.43 Å². The van der Waals surface area contributed by atoms with Crippen molar-refractivity contribution in [3.8, 4) is 0 Å². The fourth-order valence-corrected chi connectivity index (χ4v) is 1.16. The normalized spacial score (nSPS) is 13.0. The minimum atomic E-state index is -2.34. The van der Waals surface area contributed by atoms with Crippen molar-refractivity contribution in [2.45, 2.75) is 33.2 Å². The molecule has 0 aromatic heterocycles. The summed E-state index contributed by atoms with van der Waals surface area (Å²) in [6, 6.07) is 4.82. The molecule has 0 aliphatic carbocycles. The van der Waals surface area contributed by atoms with Crippen LogP contribution in [-0.2, 0) is 0 Å². The second kappa shape index (κ2) is 4.40. The van der Waals surface area contributed by atoms with E-state index in [-0.39, 0.29) is 0 Å². The highest BCUT2D eigenvalue weighted by Crippen LogP contribution is 2.16. The third-order valence-electron chi connectivity index (χ3n) is 2.28. The highest BCUT2D eigenvalue weighted by molar-refractivity contribution is 5.48. The molecule has 1 N–H and O–H groups in total. The van der Waals surface area contributed by atoms with Crippen LogP contribution in [0.25, 0.3) is 0 Å². The minimum Gasteiger partial charge on any atom is -0.377 e. The molecule has 3 heteroatoms. The highest BCUT2D eigenvalue weighted by atomic mass is 19.3. The smallest absolute Gasteiger partial charge is 0.258 e. The van der Waals surface area contributed by atoms with Gasteiger partial charge >= 0.3 is 0 Å². The largest absolute Gasteiger partial charge is 0.377 e. The molecule has 0 radical (unpaired) electrons. The molecule has 0 fully saturated rings. The summed E-state index contributed by atoms with van der Waals surface area (Å²) < 4.78 is 24.5. The van der Waals surface area contributed by atoms with E-state index in [4.69, 9.17) is 0 Å². The maximum absolute atomic E-state index is 12.2. The van der Waals surface area contributed by atoms with Gasteiger partial charge in [-0.25, -0.2) is 8.78 Å². The third kappa shape index (κ3) is 2.69. The lowest BCUT2D eigenvalue weighted by molar-refractivity contribution is 0.131. The van der Waals surface area contributed by atoms with Gasteiger partial charge in [-0.1, -0.05) is 6.07 Å². The van der Waals surface area contributed by atoms with Crippen molar-refractivity contribution in [3.63, 3.8) is 0 Å². The molecule has 1 nitrogen and oxygen atoms in total. The van der Waals surface area contributed by atoms with E-state index < -0.39 is 12.5 Å². The predicted octanol–water partition coefficient (Wildman–Crippen LogP) is 3.37. The molecule has 0 spiro atoms. The van der Waals surface area contributed by atoms with Crippen LogP contribution in [0.1, 0.15) is 18.1 Å². The topological polar surface area (TPSA) is 12.0 Å². The second-order valence-corrected chi connectivity index (χ2v) is 3.57. The molecule has 1 atom stereocenters. The fraction of sp³-hybridized carbons (Fsp3) is 0.455. The number of alkyl halides is 2. The average molecular weight is 199 g/mol. The number of halogens is 2. The summed E-state index contributed by atoms with van der Waals surface area (Å²) in [7, 11) is 0. The van der Waals surface area contributed by atoms with Gasteiger partial charge in [0.2, 0.25) is 0 Å². The Morgan fingerprint density at radius 1 is 1.14 bits per heavy atom. The number of aryl methyl sites for hydroxylation is 2. The molecule has 78 valence electrons. The molecule has 1 aromatic rings. The van der Waals surface area contributed by atoms with Crippen molar-refractivity contribution in [2.75, 3.05) is 5.32 Å². The van der Waals surface area contributed by atoms with E-state index in [9.17, 15) is 8.78 Å². The molecule has 1 aromatic carbocycles. The standard InChI is InChI=1S/C11H15F2N/c1-7-4-5-10(6-8(7)2)14-9(3)11(12)13/h4-6,9,11,14H,1-3H3. The van der Waals surface area contributed by atoms with Crippen LogP contribution < -0.4 is 5.32 Å². The van der Waals surface area contributed by atoms with Gasteiger partial charge in [0.15, 0.2) is 0 Å². The Bertz CT molecular complexity index is 310. The zero-order valence-corrected chi connectivity index (χ0v) is 8.64. The van der Waals surface area contributed by atoms with Gasteiger partial charge in [0, 0.05) is 5.69 Å². The molecule has 0 heterocycles. The van der Waals surface area contributed by atoms with Crippen LogP contribution in [-0.4, -0.2) is 12.5 Å². The van der Waals surface area contributed by atoms with Gasteiger partial charge in [-0.2, -0.15) is 0 Å². The molecule has 0 aliphatic rings. The Morgan fingerprint density at radius 3 is 2.29 bits per heavy atom. The first-order valence-corrected chi connectivity index (χ1v) is 4.62. The quantitative estimate of drug-likeness (QED) is 0.787. The van der Waals surface area contributed by atoms with Crippen molar-refractivity contribution in [3.05, 3.63) is 29.3 Å². The molecule has 0 aliphatic heterocycles. The van der Waals surface area contributed by atoms with E-state index in [0.717, 1.165) is 11.3 Å². The summed E-state index contributed by atoms with van der Waals surface area (Å²) in [6.07, 6.45) is -2.34. The Kier molecular flexibility index (Phi) is 3.44. The molecule has 0 bridgehead atoms. The molecule has 1 rings (SSSR count). The first kappa shape index (κ1) is 11.0. The highest BCUT2D eigenvalue weighted by Gasteiger charge is 2.13. The van der Waals surface area contributed by atoms with Gasteiger partial charge in [-0.05, 0) is 44.0 Å². The molecular formula is C11H15F2N. The van der Waals surface area contributed by atoms with Crippen LogP contribution in [0, 0.1) is 13.8 Å². The molecule has 14 heavy (non-hydrogen) atoms. The maximum Gasteiger partial charge on any atom is 0.258 e. The lowest BCUT2D eigenvalue weighted by Crippen LogP contribution is -2.23. The van der Waals surface area contributed by atoms with Crippen LogP contribution in [0.3, 0.4) is 0 Å². The van der Waals surface area contributed by atoms with Crippen LogP contribution >= 0.6 is 0 Å². The van der Waals surface area contributed by atoms with Crippen molar-refractivity contribution in [1.82, 2.24) is 0 Å². The van der Waals surface area contributed by atoms with E-state index in [0.29, 0.717) is 0 Å². The summed E-state index contributed by atoms with van der Waals surface area (Å²) in [5.41, 5.74) is 3.03. The zero-order valence-electron chi connectivity index (χ0n) is 8.64. The number of nitrogens with one attached hydrogen (secondary N) is 1. The third-order valence-corrected chi connectivity index (χ3v) is 2.28. The summed E-state index contributed by atoms with van der Waals surface area (Å²) in [5.74, 6) is 0. The Labute approximate surface area is 83.1 Å². The average Bonchev–Trinajstić information content (AvgIpc) is 2.11. The van der Waals surface area contributed by atoms with Gasteiger partial charge in [0.05, 0.1) is 6.04 Å². The first-order chi connectivity index (χ1) is 6.50. The summed E-state index contributed by atoms with van der Waals surface area (Å²) >= 11 is 0. The fourth-order valence-electron chi connectivity index (χ4n) is 1.16. The summed E-state index contributed by atoms with van der Waals surface area (Å²) in [6.45, 7) is 5.43. The van der Waals surface area contributed by atoms with E-state index in [1.54, 1.807) is 0 Å².